The normalized spacial score (nSPS) is 18.0. The van der Waals surface area contributed by atoms with Crippen LogP contribution >= 0.6 is 11.6 Å². The number of aromatic nitrogens is 2. The van der Waals surface area contributed by atoms with E-state index in [2.05, 4.69) is 60.6 Å². The number of Topliss-reactive ketones (excluding diaryl/α,β-unsaturated/α-hetero) is 1. The predicted octanol–water partition coefficient (Wildman–Crippen LogP) is 6.06. The zero-order valence-corrected chi connectivity index (χ0v) is 26.4. The number of halogens is 1. The molecule has 0 spiro atoms. The maximum Gasteiger partial charge on any atom is 0.229 e. The van der Waals surface area contributed by atoms with Crippen molar-refractivity contribution >= 4 is 46.2 Å². The number of benzene rings is 2. The van der Waals surface area contributed by atoms with E-state index in [1.54, 1.807) is 13.3 Å². The quantitative estimate of drug-likeness (QED) is 0.250. The summed E-state index contributed by atoms with van der Waals surface area (Å²) in [5, 5.41) is 7.00. The molecular weight excluding hydrogens is 574 g/mol. The average molecular weight is 616 g/mol. The number of anilines is 5. The molecular formula is C34H42ClN7O2. The topological polar surface area (TPSA) is 85.9 Å². The Morgan fingerprint density at radius 1 is 1.02 bits per heavy atom. The molecule has 9 nitrogen and oxygen atoms in total. The van der Waals surface area contributed by atoms with Crippen LogP contribution in [-0.2, 0) is 11.2 Å². The second kappa shape index (κ2) is 14.0. The van der Waals surface area contributed by atoms with E-state index in [0.29, 0.717) is 35.7 Å². The van der Waals surface area contributed by atoms with Crippen molar-refractivity contribution in [3.63, 3.8) is 0 Å². The molecule has 2 aromatic carbocycles. The Morgan fingerprint density at radius 2 is 1.82 bits per heavy atom. The van der Waals surface area contributed by atoms with E-state index in [9.17, 15) is 4.79 Å². The minimum Gasteiger partial charge on any atom is -0.494 e. The number of nitrogens with one attached hydrogen (secondary N) is 2. The molecule has 3 aromatic rings. The Morgan fingerprint density at radius 3 is 2.55 bits per heavy atom. The first kappa shape index (κ1) is 30.4. The highest BCUT2D eigenvalue weighted by atomic mass is 35.5. The molecule has 2 fully saturated rings. The lowest BCUT2D eigenvalue weighted by molar-refractivity contribution is -0.117. The highest BCUT2D eigenvalue weighted by molar-refractivity contribution is 6.32. The van der Waals surface area contributed by atoms with Crippen LogP contribution in [0.5, 0.6) is 5.75 Å². The van der Waals surface area contributed by atoms with Crippen molar-refractivity contribution in [1.82, 2.24) is 19.8 Å². The highest BCUT2D eigenvalue weighted by Gasteiger charge is 2.27. The lowest BCUT2D eigenvalue weighted by Gasteiger charge is -2.42. The number of piperidine rings is 1. The maximum absolute atomic E-state index is 12.5. The third kappa shape index (κ3) is 7.52. The molecule has 1 aromatic heterocycles. The van der Waals surface area contributed by atoms with Gasteiger partial charge in [0.1, 0.15) is 16.6 Å². The van der Waals surface area contributed by atoms with Crippen LogP contribution < -0.4 is 20.3 Å². The fourth-order valence-electron chi connectivity index (χ4n) is 6.24. The van der Waals surface area contributed by atoms with Crippen molar-refractivity contribution in [1.29, 1.82) is 0 Å². The number of hydrogen-bond donors (Lipinski definition) is 2. The zero-order chi connectivity index (χ0) is 30.5. The molecule has 232 valence electrons. The number of methoxy groups -OCH3 is 1. The first-order chi connectivity index (χ1) is 21.4. The SMILES string of the molecule is COc1cc(N2CCC(N3CCN(C)CC3)CC2)ccc1Nc1ncc(Cl)c(Nc2cccc(CC(=O)CC3=CCC3)c2)n1. The smallest absolute Gasteiger partial charge is 0.229 e. The Hall–Kier alpha value is -3.66. The van der Waals surface area contributed by atoms with Crippen molar-refractivity contribution in [2.45, 2.75) is 44.6 Å². The van der Waals surface area contributed by atoms with E-state index in [-0.39, 0.29) is 5.78 Å². The number of rotatable bonds is 11. The molecule has 2 saturated heterocycles. The standard InChI is InChI=1S/C34H42ClN7O2/c1-40-15-17-42(18-16-40)27-11-13-41(14-12-27)28-9-10-31(32(22-28)44-2)38-34-36-23-30(35)33(39-34)37-26-8-4-7-25(19-26)21-29(43)20-24-5-3-6-24/h4-5,7-10,19,22-23,27H,3,6,11-18,20-21H2,1-2H3,(H2,36,37,38,39). The lowest BCUT2D eigenvalue weighted by Crippen LogP contribution is -2.52. The molecule has 3 heterocycles. The number of piperazine rings is 1. The van der Waals surface area contributed by atoms with Gasteiger partial charge in [-0.2, -0.15) is 4.98 Å². The van der Waals surface area contributed by atoms with Gasteiger partial charge in [0.25, 0.3) is 0 Å². The summed E-state index contributed by atoms with van der Waals surface area (Å²) in [4.78, 5) is 29.1. The minimum atomic E-state index is 0.231. The lowest BCUT2D eigenvalue weighted by atomic mass is 9.92. The number of carbonyl (C=O) groups excluding carboxylic acids is 1. The number of carbonyl (C=O) groups is 1. The van der Waals surface area contributed by atoms with E-state index in [1.807, 2.05) is 30.3 Å². The zero-order valence-electron chi connectivity index (χ0n) is 25.7. The Labute approximate surface area is 265 Å². The third-order valence-corrected chi connectivity index (χ3v) is 9.25. The van der Waals surface area contributed by atoms with Crippen molar-refractivity contribution < 1.29 is 9.53 Å². The van der Waals surface area contributed by atoms with Crippen LogP contribution in [0.4, 0.5) is 28.8 Å². The fourth-order valence-corrected chi connectivity index (χ4v) is 6.38. The van der Waals surface area contributed by atoms with E-state index in [1.165, 1.54) is 31.5 Å². The van der Waals surface area contributed by atoms with Gasteiger partial charge in [-0.25, -0.2) is 4.98 Å². The average Bonchev–Trinajstić information content (AvgIpc) is 3.01. The first-order valence-electron chi connectivity index (χ1n) is 15.6. The van der Waals surface area contributed by atoms with E-state index in [0.717, 1.165) is 67.4 Å². The van der Waals surface area contributed by atoms with Crippen molar-refractivity contribution in [2.24, 2.45) is 0 Å². The van der Waals surface area contributed by atoms with E-state index < -0.39 is 0 Å². The fraction of sp³-hybridized carbons (Fsp3) is 0.441. The number of nitrogens with zero attached hydrogens (tertiary/aromatic N) is 5. The summed E-state index contributed by atoms with van der Waals surface area (Å²) in [6, 6.07) is 14.7. The summed E-state index contributed by atoms with van der Waals surface area (Å²) in [6.45, 7) is 6.74. The van der Waals surface area contributed by atoms with Crippen molar-refractivity contribution in [3.05, 3.63) is 70.9 Å². The molecule has 0 saturated carbocycles. The molecule has 44 heavy (non-hydrogen) atoms. The second-order valence-corrected chi connectivity index (χ2v) is 12.5. The van der Waals surface area contributed by atoms with Gasteiger partial charge in [-0.15, -0.1) is 0 Å². The van der Waals surface area contributed by atoms with Gasteiger partial charge in [0.05, 0.1) is 19.0 Å². The maximum atomic E-state index is 12.5. The molecule has 0 unspecified atom stereocenters. The van der Waals surface area contributed by atoms with Crippen LogP contribution in [0, 0.1) is 0 Å². The van der Waals surface area contributed by atoms with Gasteiger partial charge in [0.2, 0.25) is 5.95 Å². The summed E-state index contributed by atoms with van der Waals surface area (Å²) in [6.07, 6.45) is 9.17. The number of likely N-dealkylation sites (N-methyl/N-ethyl adjacent to an activating group) is 1. The highest BCUT2D eigenvalue weighted by Crippen LogP contribution is 2.34. The summed E-state index contributed by atoms with van der Waals surface area (Å²) >= 11 is 6.47. The van der Waals surface area contributed by atoms with Gasteiger partial charge in [-0.1, -0.05) is 35.4 Å². The molecule has 2 N–H and O–H groups in total. The van der Waals surface area contributed by atoms with Gasteiger partial charge in [0, 0.05) is 75.6 Å². The number of ether oxygens (including phenoxy) is 1. The summed E-state index contributed by atoms with van der Waals surface area (Å²) in [7, 11) is 3.89. The second-order valence-electron chi connectivity index (χ2n) is 12.1. The van der Waals surface area contributed by atoms with Crippen LogP contribution in [0.15, 0.2) is 60.3 Å². The van der Waals surface area contributed by atoms with E-state index >= 15 is 0 Å². The number of allylic oxidation sites excluding steroid dienone is 2. The molecule has 0 amide bonds. The van der Waals surface area contributed by atoms with Gasteiger partial charge in [0.15, 0.2) is 5.82 Å². The molecule has 0 atom stereocenters. The van der Waals surface area contributed by atoms with Crippen molar-refractivity contribution in [3.8, 4) is 5.75 Å². The Kier molecular flexibility index (Phi) is 9.64. The largest absolute Gasteiger partial charge is 0.494 e. The van der Waals surface area contributed by atoms with Crippen LogP contribution in [0.2, 0.25) is 5.02 Å². The monoisotopic (exact) mass is 615 g/mol. The van der Waals surface area contributed by atoms with Crippen molar-refractivity contribution in [2.75, 3.05) is 69.0 Å². The summed E-state index contributed by atoms with van der Waals surface area (Å²) < 4.78 is 5.77. The van der Waals surface area contributed by atoms with Crippen LogP contribution in [0.3, 0.4) is 0 Å². The van der Waals surface area contributed by atoms with Gasteiger partial charge in [-0.3, -0.25) is 9.69 Å². The summed E-state index contributed by atoms with van der Waals surface area (Å²) in [5.41, 5.74) is 4.95. The molecule has 0 radical (unpaired) electrons. The predicted molar refractivity (Wildman–Crippen MR) is 178 cm³/mol. The minimum absolute atomic E-state index is 0.231. The van der Waals surface area contributed by atoms with Gasteiger partial charge in [-0.05, 0) is 62.6 Å². The number of hydrogen-bond acceptors (Lipinski definition) is 9. The van der Waals surface area contributed by atoms with Crippen LogP contribution in [0.1, 0.15) is 37.7 Å². The third-order valence-electron chi connectivity index (χ3n) is 8.97. The Bertz CT molecular complexity index is 1500. The van der Waals surface area contributed by atoms with Crippen LogP contribution in [0.25, 0.3) is 0 Å². The van der Waals surface area contributed by atoms with Gasteiger partial charge < -0.3 is 25.2 Å². The number of ketones is 1. The van der Waals surface area contributed by atoms with Gasteiger partial charge >= 0.3 is 0 Å². The Balaban J connectivity index is 1.08. The molecule has 6 rings (SSSR count). The molecule has 2 aliphatic heterocycles. The molecule has 1 aliphatic carbocycles. The molecule has 3 aliphatic rings. The van der Waals surface area contributed by atoms with E-state index in [4.69, 9.17) is 16.3 Å². The molecule has 10 heteroatoms. The van der Waals surface area contributed by atoms with Crippen LogP contribution in [-0.4, -0.2) is 85.0 Å². The summed E-state index contributed by atoms with van der Waals surface area (Å²) in [5.74, 6) is 1.84. The molecule has 0 bridgehead atoms. The first-order valence-corrected chi connectivity index (χ1v) is 16.0.